The van der Waals surface area contributed by atoms with Crippen LogP contribution in [0.5, 0.6) is 0 Å². The summed E-state index contributed by atoms with van der Waals surface area (Å²) in [5.74, 6) is -3.59. The number of nitrogens with zero attached hydrogens (tertiary/aromatic N) is 1. The molecule has 8 heteroatoms. The number of halogens is 1. The average molecular weight is 495 g/mol. The number of hydrogen-bond donors (Lipinski definition) is 3. The Bertz CT molecular complexity index is 1630. The summed E-state index contributed by atoms with van der Waals surface area (Å²) in [6, 6.07) is 18.5. The zero-order valence-electron chi connectivity index (χ0n) is 19.9. The number of aryl methyl sites for hydroxylation is 1. The second kappa shape index (κ2) is 7.60. The van der Waals surface area contributed by atoms with E-state index in [-0.39, 0.29) is 5.91 Å². The third-order valence-corrected chi connectivity index (χ3v) is 8.08. The molecule has 4 heterocycles. The monoisotopic (exact) mass is 494 g/mol. The summed E-state index contributed by atoms with van der Waals surface area (Å²) in [6.45, 7) is 1.93. The number of nitrogens with one attached hydrogen (secondary N) is 3. The summed E-state index contributed by atoms with van der Waals surface area (Å²) in [6.07, 6.45) is 2.30. The minimum Gasteiger partial charge on any atom is -0.361 e. The highest BCUT2D eigenvalue weighted by Gasteiger charge is 2.70. The molecule has 4 aromatic rings. The number of carbonyl (C=O) groups is 3. The summed E-state index contributed by atoms with van der Waals surface area (Å²) in [4.78, 5) is 46.1. The van der Waals surface area contributed by atoms with Crippen molar-refractivity contribution in [3.05, 3.63) is 95.4 Å². The van der Waals surface area contributed by atoms with Crippen LogP contribution in [0, 0.1) is 24.6 Å². The molecular weight excluding hydrogens is 471 g/mol. The summed E-state index contributed by atoms with van der Waals surface area (Å²) in [7, 11) is 0. The number of amides is 3. The SMILES string of the molecule is Cc1ccc(N2C(=O)[C@H]3[C@@H](C2=O)[C@]2(N[C@@H]3Cc3c[nH]c4ccccc34)C(=O)Nc3ccc(F)cc32)cc1. The Labute approximate surface area is 211 Å². The van der Waals surface area contributed by atoms with E-state index < -0.39 is 41.0 Å². The highest BCUT2D eigenvalue weighted by Crippen LogP contribution is 2.54. The first kappa shape index (κ1) is 21.9. The fourth-order valence-electron chi connectivity index (χ4n) is 6.43. The minimum atomic E-state index is -1.55. The van der Waals surface area contributed by atoms with Crippen LogP contribution in [0.15, 0.2) is 72.9 Å². The molecule has 3 aliphatic heterocycles. The molecule has 7 rings (SSSR count). The lowest BCUT2D eigenvalue weighted by atomic mass is 9.76. The number of imide groups is 1. The summed E-state index contributed by atoms with van der Waals surface area (Å²) in [5, 5.41) is 7.22. The Morgan fingerprint density at radius 1 is 0.973 bits per heavy atom. The van der Waals surface area contributed by atoms with E-state index in [1.807, 2.05) is 49.5 Å². The number of hydrogen-bond acceptors (Lipinski definition) is 4. The van der Waals surface area contributed by atoms with Gasteiger partial charge in [-0.15, -0.1) is 0 Å². The van der Waals surface area contributed by atoms with Gasteiger partial charge in [0.2, 0.25) is 17.7 Å². The molecule has 0 saturated carbocycles. The van der Waals surface area contributed by atoms with Gasteiger partial charge in [0, 0.05) is 34.4 Å². The lowest BCUT2D eigenvalue weighted by Crippen LogP contribution is -2.53. The fourth-order valence-corrected chi connectivity index (χ4v) is 6.43. The van der Waals surface area contributed by atoms with E-state index in [1.165, 1.54) is 23.1 Å². The van der Waals surface area contributed by atoms with Crippen molar-refractivity contribution in [3.8, 4) is 0 Å². The lowest BCUT2D eigenvalue weighted by molar-refractivity contribution is -0.130. The molecule has 3 aliphatic rings. The van der Waals surface area contributed by atoms with Crippen molar-refractivity contribution in [3.63, 3.8) is 0 Å². The molecule has 2 fully saturated rings. The maximum atomic E-state index is 14.5. The van der Waals surface area contributed by atoms with Crippen LogP contribution in [0.25, 0.3) is 10.9 Å². The maximum absolute atomic E-state index is 14.5. The number of benzene rings is 3. The zero-order chi connectivity index (χ0) is 25.5. The maximum Gasteiger partial charge on any atom is 0.250 e. The van der Waals surface area contributed by atoms with Gasteiger partial charge < -0.3 is 10.3 Å². The summed E-state index contributed by atoms with van der Waals surface area (Å²) < 4.78 is 14.5. The molecule has 0 radical (unpaired) electrons. The normalized spacial score (nSPS) is 26.3. The predicted molar refractivity (Wildman–Crippen MR) is 136 cm³/mol. The highest BCUT2D eigenvalue weighted by molar-refractivity contribution is 6.25. The molecular formula is C29H23FN4O3. The Morgan fingerprint density at radius 3 is 2.57 bits per heavy atom. The number of para-hydroxylation sites is 1. The van der Waals surface area contributed by atoms with Crippen LogP contribution in [-0.4, -0.2) is 28.7 Å². The van der Waals surface area contributed by atoms with Gasteiger partial charge in [-0.05, 0) is 55.3 Å². The van der Waals surface area contributed by atoms with E-state index in [0.717, 1.165) is 22.0 Å². The third-order valence-electron chi connectivity index (χ3n) is 8.08. The van der Waals surface area contributed by atoms with E-state index in [2.05, 4.69) is 15.6 Å². The van der Waals surface area contributed by atoms with Crippen LogP contribution in [0.3, 0.4) is 0 Å². The first-order chi connectivity index (χ1) is 17.9. The Hall–Kier alpha value is -4.30. The van der Waals surface area contributed by atoms with E-state index >= 15 is 0 Å². The van der Waals surface area contributed by atoms with Gasteiger partial charge in [0.1, 0.15) is 11.4 Å². The number of carbonyl (C=O) groups excluding carboxylic acids is 3. The van der Waals surface area contributed by atoms with Crippen molar-refractivity contribution in [1.82, 2.24) is 10.3 Å². The first-order valence-corrected chi connectivity index (χ1v) is 12.3. The van der Waals surface area contributed by atoms with Gasteiger partial charge in [-0.25, -0.2) is 9.29 Å². The molecule has 0 unspecified atom stereocenters. The number of anilines is 2. The second-order valence-corrected chi connectivity index (χ2v) is 10.1. The lowest BCUT2D eigenvalue weighted by Gasteiger charge is -2.29. The third kappa shape index (κ3) is 2.93. The van der Waals surface area contributed by atoms with Crippen molar-refractivity contribution < 1.29 is 18.8 Å². The van der Waals surface area contributed by atoms with Gasteiger partial charge in [0.05, 0.1) is 17.5 Å². The molecule has 3 N–H and O–H groups in total. The predicted octanol–water partition coefficient (Wildman–Crippen LogP) is 3.78. The molecule has 3 amide bonds. The van der Waals surface area contributed by atoms with Crippen molar-refractivity contribution in [2.75, 3.05) is 10.2 Å². The number of rotatable bonds is 3. The zero-order valence-corrected chi connectivity index (χ0v) is 19.9. The summed E-state index contributed by atoms with van der Waals surface area (Å²) >= 11 is 0. The fraction of sp³-hybridized carbons (Fsp3) is 0.207. The number of fused-ring (bicyclic) bond motifs is 5. The van der Waals surface area contributed by atoms with Gasteiger partial charge in [0.15, 0.2) is 0 Å². The quantitative estimate of drug-likeness (QED) is 0.378. The topological polar surface area (TPSA) is 94.3 Å². The standard InChI is InChI=1S/C29H23FN4O3/c1-15-6-9-18(10-7-15)34-26(35)24-23(12-16-14-31-21-5-3-2-4-19(16)21)33-29(25(24)27(34)36)20-13-17(30)8-11-22(20)32-28(29)37/h2-11,13-14,23-25,31,33H,12H2,1H3,(H,32,37)/t23-,24-,25+,29+/m1/s1. The number of aromatic nitrogens is 1. The number of H-pyrrole nitrogens is 1. The van der Waals surface area contributed by atoms with Crippen LogP contribution in [0.2, 0.25) is 0 Å². The average Bonchev–Trinajstić information content (AvgIpc) is 3.59. The second-order valence-electron chi connectivity index (χ2n) is 10.1. The van der Waals surface area contributed by atoms with Crippen LogP contribution >= 0.6 is 0 Å². The van der Waals surface area contributed by atoms with E-state index in [0.29, 0.717) is 23.4 Å². The molecule has 3 aromatic carbocycles. The Morgan fingerprint density at radius 2 is 1.76 bits per heavy atom. The molecule has 4 atom stereocenters. The molecule has 184 valence electrons. The molecule has 7 nitrogen and oxygen atoms in total. The first-order valence-electron chi connectivity index (χ1n) is 12.3. The van der Waals surface area contributed by atoms with E-state index in [9.17, 15) is 18.8 Å². The smallest absolute Gasteiger partial charge is 0.250 e. The Kier molecular flexibility index (Phi) is 4.51. The van der Waals surface area contributed by atoms with Crippen LogP contribution in [-0.2, 0) is 26.3 Å². The van der Waals surface area contributed by atoms with Crippen molar-refractivity contribution >= 4 is 40.0 Å². The van der Waals surface area contributed by atoms with Crippen molar-refractivity contribution in [2.24, 2.45) is 11.8 Å². The van der Waals surface area contributed by atoms with Crippen LogP contribution in [0.4, 0.5) is 15.8 Å². The minimum absolute atomic E-state index is 0.356. The number of aromatic amines is 1. The molecule has 0 bridgehead atoms. The molecule has 0 aliphatic carbocycles. The highest BCUT2D eigenvalue weighted by atomic mass is 19.1. The van der Waals surface area contributed by atoms with Gasteiger partial charge in [-0.1, -0.05) is 35.9 Å². The van der Waals surface area contributed by atoms with Gasteiger partial charge >= 0.3 is 0 Å². The Balaban J connectivity index is 1.38. The summed E-state index contributed by atoms with van der Waals surface area (Å²) in [5.41, 5.74) is 2.65. The molecule has 1 spiro atoms. The van der Waals surface area contributed by atoms with Crippen molar-refractivity contribution in [1.29, 1.82) is 0 Å². The van der Waals surface area contributed by atoms with E-state index in [1.54, 1.807) is 12.1 Å². The van der Waals surface area contributed by atoms with Gasteiger partial charge in [-0.2, -0.15) is 0 Å². The van der Waals surface area contributed by atoms with Gasteiger partial charge in [0.25, 0.3) is 0 Å². The van der Waals surface area contributed by atoms with Crippen LogP contribution < -0.4 is 15.5 Å². The molecule has 37 heavy (non-hydrogen) atoms. The van der Waals surface area contributed by atoms with Crippen LogP contribution in [0.1, 0.15) is 16.7 Å². The van der Waals surface area contributed by atoms with Crippen molar-refractivity contribution in [2.45, 2.75) is 24.9 Å². The largest absolute Gasteiger partial charge is 0.361 e. The molecule has 1 aromatic heterocycles. The van der Waals surface area contributed by atoms with Gasteiger partial charge in [-0.3, -0.25) is 19.7 Å². The molecule has 2 saturated heterocycles. The van der Waals surface area contributed by atoms with E-state index in [4.69, 9.17) is 0 Å².